The van der Waals surface area contributed by atoms with Crippen LogP contribution in [0.2, 0.25) is 0 Å². The molecule has 0 fully saturated rings. The van der Waals surface area contributed by atoms with Crippen LogP contribution in [0.25, 0.3) is 22.2 Å². The van der Waals surface area contributed by atoms with Crippen LogP contribution in [0.4, 0.5) is 13.2 Å². The molecule has 0 spiro atoms. The van der Waals surface area contributed by atoms with Crippen molar-refractivity contribution in [3.63, 3.8) is 0 Å². The van der Waals surface area contributed by atoms with Crippen LogP contribution < -0.4 is 4.74 Å². The van der Waals surface area contributed by atoms with Gasteiger partial charge in [0.1, 0.15) is 5.75 Å². The second-order valence-electron chi connectivity index (χ2n) is 12.0. The van der Waals surface area contributed by atoms with E-state index in [-0.39, 0.29) is 12.2 Å². The van der Waals surface area contributed by atoms with E-state index >= 15 is 0 Å². The molecule has 7 heteroatoms. The lowest BCUT2D eigenvalue weighted by atomic mass is 9.96. The van der Waals surface area contributed by atoms with E-state index in [4.69, 9.17) is 9.47 Å². The van der Waals surface area contributed by atoms with Gasteiger partial charge in [-0.05, 0) is 61.4 Å². The highest BCUT2D eigenvalue weighted by molar-refractivity contribution is 5.89. The van der Waals surface area contributed by atoms with Gasteiger partial charge in [0.15, 0.2) is 0 Å². The molecule has 1 heterocycles. The van der Waals surface area contributed by atoms with E-state index in [9.17, 15) is 18.0 Å². The number of ether oxygens (including phenoxy) is 2. The Morgan fingerprint density at radius 2 is 1.78 bits per heavy atom. The van der Waals surface area contributed by atoms with E-state index in [1.54, 1.807) is 6.07 Å². The predicted octanol–water partition coefficient (Wildman–Crippen LogP) is 9.63. The number of hydrogen-bond donors (Lipinski definition) is 0. The number of nitrogens with zero attached hydrogens (tertiary/aromatic N) is 1. The number of carbonyl (C=O) groups is 1. The smallest absolute Gasteiger partial charge is 0.417 e. The Morgan fingerprint density at radius 3 is 2.44 bits per heavy atom. The zero-order valence-electron chi connectivity index (χ0n) is 25.1. The molecule has 0 amide bonds. The number of halogens is 3. The fraction of sp³-hybridized carbons (Fsp3) is 0.500. The number of benzene rings is 2. The van der Waals surface area contributed by atoms with Crippen LogP contribution in [-0.4, -0.2) is 23.8 Å². The monoisotopic (exact) mass is 571 g/mol. The summed E-state index contributed by atoms with van der Waals surface area (Å²) in [4.78, 5) is 11.5. The summed E-state index contributed by atoms with van der Waals surface area (Å²) in [6, 6.07) is 12.3. The summed E-state index contributed by atoms with van der Waals surface area (Å²) < 4.78 is 56.5. The molecule has 0 aliphatic rings. The first-order chi connectivity index (χ1) is 19.3. The molecule has 224 valence electrons. The van der Waals surface area contributed by atoms with Crippen molar-refractivity contribution in [1.82, 2.24) is 4.57 Å². The molecule has 0 atom stereocenters. The van der Waals surface area contributed by atoms with Gasteiger partial charge in [0, 0.05) is 40.7 Å². The van der Waals surface area contributed by atoms with Gasteiger partial charge in [-0.2, -0.15) is 13.2 Å². The maximum Gasteiger partial charge on any atom is 0.417 e. The second-order valence-corrected chi connectivity index (χ2v) is 12.0. The molecule has 0 bridgehead atoms. The number of carbonyl (C=O) groups excluding carboxylic acids is 1. The average molecular weight is 572 g/mol. The summed E-state index contributed by atoms with van der Waals surface area (Å²) in [6.07, 6.45) is 2.00. The lowest BCUT2D eigenvalue weighted by molar-refractivity contribution is -0.141. The van der Waals surface area contributed by atoms with Crippen LogP contribution >= 0.6 is 0 Å². The van der Waals surface area contributed by atoms with Crippen molar-refractivity contribution in [2.75, 3.05) is 13.2 Å². The normalized spacial score (nSPS) is 12.2. The van der Waals surface area contributed by atoms with E-state index in [0.29, 0.717) is 42.5 Å². The quantitative estimate of drug-likeness (QED) is 0.104. The second kappa shape index (κ2) is 14.1. The molecule has 4 nitrogen and oxygen atoms in total. The van der Waals surface area contributed by atoms with Gasteiger partial charge in [-0.3, -0.25) is 0 Å². The first-order valence-electron chi connectivity index (χ1n) is 14.6. The van der Waals surface area contributed by atoms with Gasteiger partial charge in [-0.25, -0.2) is 4.79 Å². The largest absolute Gasteiger partial charge is 0.493 e. The highest BCUT2D eigenvalue weighted by atomic mass is 19.4. The zero-order chi connectivity index (χ0) is 30.2. The Balaban J connectivity index is 2.00. The van der Waals surface area contributed by atoms with Crippen LogP contribution in [0.15, 0.2) is 55.1 Å². The Morgan fingerprint density at radius 1 is 1.02 bits per heavy atom. The van der Waals surface area contributed by atoms with E-state index < -0.39 is 23.1 Å². The van der Waals surface area contributed by atoms with Crippen LogP contribution in [0.3, 0.4) is 0 Å². The topological polar surface area (TPSA) is 40.5 Å². The van der Waals surface area contributed by atoms with Crippen LogP contribution in [0, 0.1) is 11.3 Å². The number of aryl methyl sites for hydroxylation is 2. The predicted molar refractivity (Wildman–Crippen MR) is 160 cm³/mol. The molecule has 0 radical (unpaired) electrons. The molecule has 3 aromatic rings. The summed E-state index contributed by atoms with van der Waals surface area (Å²) in [6.45, 7) is 14.7. The Kier molecular flexibility index (Phi) is 11.1. The molecule has 0 unspecified atom stereocenters. The molecule has 41 heavy (non-hydrogen) atoms. The third kappa shape index (κ3) is 9.14. The fourth-order valence-electron chi connectivity index (χ4n) is 4.88. The maximum absolute atomic E-state index is 14.4. The first-order valence-corrected chi connectivity index (χ1v) is 14.6. The Hall–Kier alpha value is -3.22. The van der Waals surface area contributed by atoms with Crippen molar-refractivity contribution in [1.29, 1.82) is 0 Å². The van der Waals surface area contributed by atoms with Crippen LogP contribution in [-0.2, 0) is 28.7 Å². The van der Waals surface area contributed by atoms with Gasteiger partial charge in [-0.1, -0.05) is 66.2 Å². The zero-order valence-corrected chi connectivity index (χ0v) is 25.1. The summed E-state index contributed by atoms with van der Waals surface area (Å²) in [5.74, 6) is 0.612. The Labute approximate surface area is 242 Å². The van der Waals surface area contributed by atoms with Gasteiger partial charge in [-0.15, -0.1) is 0 Å². The van der Waals surface area contributed by atoms with Crippen molar-refractivity contribution in [2.45, 2.75) is 85.9 Å². The number of rotatable bonds is 15. The fourth-order valence-corrected chi connectivity index (χ4v) is 4.88. The molecule has 2 aromatic carbocycles. The van der Waals surface area contributed by atoms with Crippen molar-refractivity contribution in [2.24, 2.45) is 11.3 Å². The standard InChI is InChI=1S/C34H44F3NO3/c1-7-9-10-13-25-14-17-28(29(19-25)34(35,36)37)31-20-26-15-16-27(21-30(26)38(31)18-11-12-24(3)4)40-22-33(5,6)23-41-32(39)8-2/h8,14-17,19-21,24H,2,7,9-13,18,22-23H2,1,3-6H3. The highest BCUT2D eigenvalue weighted by Gasteiger charge is 2.35. The van der Waals surface area contributed by atoms with Crippen LogP contribution in [0.1, 0.15) is 77.8 Å². The minimum atomic E-state index is -4.47. The van der Waals surface area contributed by atoms with E-state index in [1.807, 2.05) is 48.7 Å². The average Bonchev–Trinajstić information content (AvgIpc) is 3.27. The number of alkyl halides is 3. The van der Waals surface area contributed by atoms with Gasteiger partial charge >= 0.3 is 12.1 Å². The van der Waals surface area contributed by atoms with Gasteiger partial charge < -0.3 is 14.0 Å². The number of esters is 1. The summed E-state index contributed by atoms with van der Waals surface area (Å²) in [5, 5.41) is 0.858. The van der Waals surface area contributed by atoms with Gasteiger partial charge in [0.25, 0.3) is 0 Å². The molecule has 0 saturated heterocycles. The van der Waals surface area contributed by atoms with Gasteiger partial charge in [0.2, 0.25) is 0 Å². The lowest BCUT2D eigenvalue weighted by Gasteiger charge is -2.24. The molecular formula is C34H44F3NO3. The van der Waals surface area contributed by atoms with Crippen molar-refractivity contribution in [3.8, 4) is 17.0 Å². The number of unbranched alkanes of at least 4 members (excludes halogenated alkanes) is 2. The third-order valence-corrected chi connectivity index (χ3v) is 7.17. The lowest BCUT2D eigenvalue weighted by Crippen LogP contribution is -2.28. The number of fused-ring (bicyclic) bond motifs is 1. The molecule has 0 aliphatic heterocycles. The summed E-state index contributed by atoms with van der Waals surface area (Å²) >= 11 is 0. The molecular weight excluding hydrogens is 527 g/mol. The van der Waals surface area contributed by atoms with E-state index in [0.717, 1.165) is 49.1 Å². The SMILES string of the molecule is C=CC(=O)OCC(C)(C)COc1ccc2cc(-c3ccc(CCCCC)cc3C(F)(F)F)n(CCCC(C)C)c2c1. The molecule has 0 aliphatic carbocycles. The number of aromatic nitrogens is 1. The molecule has 3 rings (SSSR count). The van der Waals surface area contributed by atoms with Gasteiger partial charge in [0.05, 0.1) is 24.3 Å². The minimum absolute atomic E-state index is 0.171. The number of hydrogen-bond acceptors (Lipinski definition) is 3. The molecule has 1 aromatic heterocycles. The molecule has 0 saturated carbocycles. The summed E-state index contributed by atoms with van der Waals surface area (Å²) in [7, 11) is 0. The highest BCUT2D eigenvalue weighted by Crippen LogP contribution is 2.40. The van der Waals surface area contributed by atoms with Crippen LogP contribution in [0.5, 0.6) is 5.75 Å². The summed E-state index contributed by atoms with van der Waals surface area (Å²) in [5.41, 5.74) is 1.27. The minimum Gasteiger partial charge on any atom is -0.493 e. The van der Waals surface area contributed by atoms with Crippen molar-refractivity contribution >= 4 is 16.9 Å². The van der Waals surface area contributed by atoms with E-state index in [2.05, 4.69) is 27.4 Å². The van der Waals surface area contributed by atoms with Crippen molar-refractivity contribution in [3.05, 3.63) is 66.2 Å². The third-order valence-electron chi connectivity index (χ3n) is 7.17. The molecule has 0 N–H and O–H groups in total. The van der Waals surface area contributed by atoms with E-state index in [1.165, 1.54) is 6.07 Å². The Bertz CT molecular complexity index is 1320. The first kappa shape index (κ1) is 32.3. The van der Waals surface area contributed by atoms with Crippen molar-refractivity contribution < 1.29 is 27.4 Å². The maximum atomic E-state index is 14.4.